The van der Waals surface area contributed by atoms with E-state index in [0.717, 1.165) is 5.56 Å². The first kappa shape index (κ1) is 13.0. The summed E-state index contributed by atoms with van der Waals surface area (Å²) in [6.45, 7) is 3.49. The monoisotopic (exact) mass is 287 g/mol. The molecule has 0 aliphatic rings. The van der Waals surface area contributed by atoms with Crippen LogP contribution in [0.5, 0.6) is 5.75 Å². The highest BCUT2D eigenvalue weighted by Crippen LogP contribution is 2.35. The lowest BCUT2D eigenvalue weighted by Gasteiger charge is -2.16. The molecule has 1 aromatic carbocycles. The number of halogens is 1. The van der Waals surface area contributed by atoms with Crippen molar-refractivity contribution < 1.29 is 15.0 Å². The second-order valence-electron chi connectivity index (χ2n) is 3.70. The molecule has 1 unspecified atom stereocenters. The minimum atomic E-state index is -0.980. The second kappa shape index (κ2) is 4.84. The molecule has 1 rings (SSSR count). The van der Waals surface area contributed by atoms with Crippen LogP contribution in [0, 0.1) is 13.8 Å². The lowest BCUT2D eigenvalue weighted by molar-refractivity contribution is -0.138. The Morgan fingerprint density at radius 2 is 2.12 bits per heavy atom. The third-order valence-electron chi connectivity index (χ3n) is 2.62. The largest absolute Gasteiger partial charge is 0.506 e. The SMILES string of the molecule is Cc1cc(C(CN)C(=O)O)c(C)c(O)c1Br. The number of rotatable bonds is 3. The van der Waals surface area contributed by atoms with Crippen molar-refractivity contribution in [2.75, 3.05) is 6.54 Å². The number of nitrogens with two attached hydrogens (primary N) is 1. The van der Waals surface area contributed by atoms with Crippen LogP contribution in [0.15, 0.2) is 10.5 Å². The van der Waals surface area contributed by atoms with E-state index in [2.05, 4.69) is 15.9 Å². The van der Waals surface area contributed by atoms with E-state index in [1.807, 2.05) is 0 Å². The van der Waals surface area contributed by atoms with Crippen LogP contribution < -0.4 is 5.73 Å². The number of aliphatic carboxylic acids is 1. The van der Waals surface area contributed by atoms with Gasteiger partial charge in [0, 0.05) is 6.54 Å². The van der Waals surface area contributed by atoms with E-state index in [0.29, 0.717) is 15.6 Å². The highest BCUT2D eigenvalue weighted by molar-refractivity contribution is 9.10. The van der Waals surface area contributed by atoms with Crippen molar-refractivity contribution in [2.24, 2.45) is 5.73 Å². The van der Waals surface area contributed by atoms with Gasteiger partial charge in [-0.2, -0.15) is 0 Å². The molecule has 0 aromatic heterocycles. The number of hydrogen-bond donors (Lipinski definition) is 3. The van der Waals surface area contributed by atoms with Crippen molar-refractivity contribution in [2.45, 2.75) is 19.8 Å². The third kappa shape index (κ3) is 2.20. The fraction of sp³-hybridized carbons (Fsp3) is 0.364. The Labute approximate surface area is 102 Å². The molecule has 0 heterocycles. The Morgan fingerprint density at radius 1 is 1.56 bits per heavy atom. The van der Waals surface area contributed by atoms with E-state index in [-0.39, 0.29) is 12.3 Å². The lowest BCUT2D eigenvalue weighted by Crippen LogP contribution is -2.22. The molecule has 1 atom stereocenters. The average molecular weight is 288 g/mol. The molecule has 0 radical (unpaired) electrons. The lowest BCUT2D eigenvalue weighted by atomic mass is 9.92. The number of carboxylic acid groups (broad SMARTS) is 1. The predicted octanol–water partition coefficient (Wildman–Crippen LogP) is 1.90. The van der Waals surface area contributed by atoms with Gasteiger partial charge in [0.15, 0.2) is 0 Å². The normalized spacial score (nSPS) is 12.5. The summed E-state index contributed by atoms with van der Waals surface area (Å²) >= 11 is 3.24. The fourth-order valence-electron chi connectivity index (χ4n) is 1.62. The molecule has 0 aliphatic heterocycles. The van der Waals surface area contributed by atoms with E-state index < -0.39 is 11.9 Å². The first-order valence-corrected chi connectivity index (χ1v) is 5.60. The first-order chi connectivity index (χ1) is 7.40. The van der Waals surface area contributed by atoms with Crippen LogP contribution in [0.4, 0.5) is 0 Å². The van der Waals surface area contributed by atoms with Gasteiger partial charge in [0.1, 0.15) is 5.75 Å². The van der Waals surface area contributed by atoms with Gasteiger partial charge in [-0.05, 0) is 46.5 Å². The summed E-state index contributed by atoms with van der Waals surface area (Å²) in [6, 6.07) is 1.74. The molecule has 1 aromatic rings. The molecule has 0 bridgehead atoms. The standard InChI is InChI=1S/C11H14BrNO3/c1-5-3-7(8(4-13)11(15)16)6(2)10(14)9(5)12/h3,8,14H,4,13H2,1-2H3,(H,15,16). The van der Waals surface area contributed by atoms with Crippen molar-refractivity contribution in [1.29, 1.82) is 0 Å². The number of carbonyl (C=O) groups is 1. The van der Waals surface area contributed by atoms with Crippen molar-refractivity contribution in [3.63, 3.8) is 0 Å². The Morgan fingerprint density at radius 3 is 2.56 bits per heavy atom. The van der Waals surface area contributed by atoms with Gasteiger partial charge in [-0.3, -0.25) is 4.79 Å². The second-order valence-corrected chi connectivity index (χ2v) is 4.49. The fourth-order valence-corrected chi connectivity index (χ4v) is 2.03. The van der Waals surface area contributed by atoms with E-state index in [1.165, 1.54) is 0 Å². The Kier molecular flexibility index (Phi) is 3.93. The molecule has 16 heavy (non-hydrogen) atoms. The van der Waals surface area contributed by atoms with Gasteiger partial charge in [-0.1, -0.05) is 6.07 Å². The number of aryl methyl sites for hydroxylation is 1. The summed E-state index contributed by atoms with van der Waals surface area (Å²) in [5.41, 5.74) is 7.34. The molecule has 0 amide bonds. The highest BCUT2D eigenvalue weighted by Gasteiger charge is 2.23. The van der Waals surface area contributed by atoms with Crippen LogP contribution in [-0.4, -0.2) is 22.7 Å². The summed E-state index contributed by atoms with van der Waals surface area (Å²) in [5, 5.41) is 18.8. The quantitative estimate of drug-likeness (QED) is 0.793. The molecular formula is C11H14BrNO3. The van der Waals surface area contributed by atoms with Gasteiger partial charge in [0.05, 0.1) is 10.4 Å². The van der Waals surface area contributed by atoms with Crippen molar-refractivity contribution >= 4 is 21.9 Å². The Hall–Kier alpha value is -1.07. The molecule has 88 valence electrons. The number of aromatic hydroxyl groups is 1. The third-order valence-corrected chi connectivity index (χ3v) is 3.62. The van der Waals surface area contributed by atoms with Crippen molar-refractivity contribution in [1.82, 2.24) is 0 Å². The van der Waals surface area contributed by atoms with E-state index in [1.54, 1.807) is 19.9 Å². The van der Waals surface area contributed by atoms with Crippen molar-refractivity contribution in [3.05, 3.63) is 27.2 Å². The zero-order chi connectivity index (χ0) is 12.5. The number of phenols is 1. The summed E-state index contributed by atoms with van der Waals surface area (Å²) in [5.74, 6) is -1.68. The molecule has 0 spiro atoms. The average Bonchev–Trinajstić information content (AvgIpc) is 2.23. The molecular weight excluding hydrogens is 274 g/mol. The van der Waals surface area contributed by atoms with E-state index >= 15 is 0 Å². The summed E-state index contributed by atoms with van der Waals surface area (Å²) in [4.78, 5) is 11.0. The van der Waals surface area contributed by atoms with Gasteiger partial charge < -0.3 is 15.9 Å². The topological polar surface area (TPSA) is 83.6 Å². The molecule has 0 saturated carbocycles. The summed E-state index contributed by atoms with van der Waals surface area (Å²) in [7, 11) is 0. The molecule has 0 fully saturated rings. The maximum absolute atomic E-state index is 11.0. The maximum Gasteiger partial charge on any atom is 0.312 e. The van der Waals surface area contributed by atoms with Gasteiger partial charge in [0.25, 0.3) is 0 Å². The number of phenolic OH excluding ortho intramolecular Hbond substituents is 1. The van der Waals surface area contributed by atoms with Gasteiger partial charge >= 0.3 is 5.97 Å². The van der Waals surface area contributed by atoms with Crippen LogP contribution in [-0.2, 0) is 4.79 Å². The minimum Gasteiger partial charge on any atom is -0.506 e. The number of benzene rings is 1. The van der Waals surface area contributed by atoms with E-state index in [9.17, 15) is 9.90 Å². The Balaban J connectivity index is 3.39. The minimum absolute atomic E-state index is 0.0106. The summed E-state index contributed by atoms with van der Waals surface area (Å²) < 4.78 is 0.593. The smallest absolute Gasteiger partial charge is 0.312 e. The van der Waals surface area contributed by atoms with Crippen LogP contribution in [0.3, 0.4) is 0 Å². The molecule has 5 heteroatoms. The van der Waals surface area contributed by atoms with Gasteiger partial charge in [0.2, 0.25) is 0 Å². The zero-order valence-electron chi connectivity index (χ0n) is 9.12. The van der Waals surface area contributed by atoms with Crippen molar-refractivity contribution in [3.8, 4) is 5.75 Å². The Bertz CT molecular complexity index is 432. The van der Waals surface area contributed by atoms with Crippen LogP contribution in [0.1, 0.15) is 22.6 Å². The number of carboxylic acids is 1. The zero-order valence-corrected chi connectivity index (χ0v) is 10.7. The highest BCUT2D eigenvalue weighted by atomic mass is 79.9. The number of hydrogen-bond acceptors (Lipinski definition) is 3. The summed E-state index contributed by atoms with van der Waals surface area (Å²) in [6.07, 6.45) is 0. The molecule has 4 N–H and O–H groups in total. The molecule has 4 nitrogen and oxygen atoms in total. The molecule has 0 aliphatic carbocycles. The van der Waals surface area contributed by atoms with Gasteiger partial charge in [-0.15, -0.1) is 0 Å². The van der Waals surface area contributed by atoms with Gasteiger partial charge in [-0.25, -0.2) is 0 Å². The molecule has 0 saturated heterocycles. The van der Waals surface area contributed by atoms with Crippen LogP contribution in [0.25, 0.3) is 0 Å². The van der Waals surface area contributed by atoms with E-state index in [4.69, 9.17) is 10.8 Å². The first-order valence-electron chi connectivity index (χ1n) is 4.81. The van der Waals surface area contributed by atoms with Crippen LogP contribution >= 0.6 is 15.9 Å². The maximum atomic E-state index is 11.0. The predicted molar refractivity (Wildman–Crippen MR) is 64.7 cm³/mol. The van der Waals surface area contributed by atoms with Crippen LogP contribution in [0.2, 0.25) is 0 Å².